The number of nitrogens with one attached hydrogen (secondary N) is 1. The molecule has 0 amide bonds. The van der Waals surface area contributed by atoms with E-state index in [-0.39, 0.29) is 0 Å². The van der Waals surface area contributed by atoms with Crippen LogP contribution in [-0.4, -0.2) is 17.1 Å². The Hall–Kier alpha value is -1.35. The molecular formula is C17H24N2O. The number of H-pyrrole nitrogens is 1. The van der Waals surface area contributed by atoms with Crippen LogP contribution in [0.3, 0.4) is 0 Å². The van der Waals surface area contributed by atoms with Gasteiger partial charge in [-0.25, -0.2) is 0 Å². The summed E-state index contributed by atoms with van der Waals surface area (Å²) in [6.45, 7) is 7.66. The summed E-state index contributed by atoms with van der Waals surface area (Å²) in [4.78, 5) is 8.26. The van der Waals surface area contributed by atoms with Gasteiger partial charge in [-0.3, -0.25) is 4.98 Å². The van der Waals surface area contributed by atoms with Crippen molar-refractivity contribution < 1.29 is 4.74 Å². The van der Waals surface area contributed by atoms with Crippen molar-refractivity contribution in [2.75, 3.05) is 7.11 Å². The summed E-state index contributed by atoms with van der Waals surface area (Å²) < 4.78 is 5.19. The molecular weight excluding hydrogens is 248 g/mol. The minimum atomic E-state index is 0.379. The summed E-state index contributed by atoms with van der Waals surface area (Å²) in [5, 5.41) is 0. The number of pyridine rings is 1. The van der Waals surface area contributed by atoms with Crippen LogP contribution >= 0.6 is 0 Å². The Labute approximate surface area is 120 Å². The van der Waals surface area contributed by atoms with Crippen molar-refractivity contribution in [2.45, 2.75) is 46.6 Å². The number of ether oxygens (including phenoxy) is 1. The van der Waals surface area contributed by atoms with E-state index in [4.69, 9.17) is 9.72 Å². The van der Waals surface area contributed by atoms with Gasteiger partial charge >= 0.3 is 0 Å². The molecule has 1 atom stereocenters. The molecule has 2 aromatic rings. The highest BCUT2D eigenvalue weighted by Gasteiger charge is 2.29. The maximum Gasteiger partial charge on any atom is 0.0886 e. The van der Waals surface area contributed by atoms with Gasteiger partial charge < -0.3 is 9.72 Å². The Kier molecular flexibility index (Phi) is 3.33. The first-order chi connectivity index (χ1) is 9.47. The molecule has 0 bridgehead atoms. The zero-order valence-corrected chi connectivity index (χ0v) is 12.9. The van der Waals surface area contributed by atoms with E-state index in [2.05, 4.69) is 37.9 Å². The van der Waals surface area contributed by atoms with Gasteiger partial charge in [0.05, 0.1) is 17.6 Å². The average Bonchev–Trinajstić information content (AvgIpc) is 2.75. The second-order valence-electron chi connectivity index (χ2n) is 7.06. The van der Waals surface area contributed by atoms with E-state index in [1.165, 1.54) is 17.7 Å². The maximum absolute atomic E-state index is 5.19. The molecule has 0 fully saturated rings. The topological polar surface area (TPSA) is 37.9 Å². The monoisotopic (exact) mass is 272 g/mol. The van der Waals surface area contributed by atoms with Crippen LogP contribution < -0.4 is 0 Å². The highest BCUT2D eigenvalue weighted by molar-refractivity contribution is 5.77. The van der Waals surface area contributed by atoms with E-state index in [0.29, 0.717) is 12.0 Å². The van der Waals surface area contributed by atoms with Gasteiger partial charge in [-0.15, -0.1) is 0 Å². The van der Waals surface area contributed by atoms with Crippen molar-refractivity contribution in [2.24, 2.45) is 11.3 Å². The smallest absolute Gasteiger partial charge is 0.0886 e. The van der Waals surface area contributed by atoms with Crippen molar-refractivity contribution in [1.29, 1.82) is 0 Å². The van der Waals surface area contributed by atoms with Crippen LogP contribution in [0.5, 0.6) is 0 Å². The summed E-state index contributed by atoms with van der Waals surface area (Å²) >= 11 is 0. The molecule has 0 aliphatic heterocycles. The molecule has 3 rings (SSSR count). The lowest BCUT2D eigenvalue weighted by atomic mass is 9.71. The van der Waals surface area contributed by atoms with Crippen LogP contribution in [0.4, 0.5) is 0 Å². The molecule has 1 aliphatic carbocycles. The number of hydrogen-bond acceptors (Lipinski definition) is 2. The molecule has 108 valence electrons. The van der Waals surface area contributed by atoms with Gasteiger partial charge in [0.15, 0.2) is 0 Å². The number of hydrogen-bond donors (Lipinski definition) is 1. The highest BCUT2D eigenvalue weighted by Crippen LogP contribution is 2.37. The number of methoxy groups -OCH3 is 1. The van der Waals surface area contributed by atoms with Gasteiger partial charge in [0.1, 0.15) is 0 Å². The van der Waals surface area contributed by atoms with Gasteiger partial charge in [0, 0.05) is 18.5 Å². The number of rotatable bonds is 2. The van der Waals surface area contributed by atoms with E-state index < -0.39 is 0 Å². The first-order valence-electron chi connectivity index (χ1n) is 7.46. The quantitative estimate of drug-likeness (QED) is 0.901. The van der Waals surface area contributed by atoms with Crippen LogP contribution in [0.25, 0.3) is 11.0 Å². The molecule has 2 heterocycles. The predicted octanol–water partition coefficient (Wildman–Crippen LogP) is 3.86. The van der Waals surface area contributed by atoms with Crippen LogP contribution in [0.1, 0.15) is 44.1 Å². The Morgan fingerprint density at radius 2 is 2.15 bits per heavy atom. The molecule has 1 aliphatic rings. The Bertz CT molecular complexity index is 622. The lowest BCUT2D eigenvalue weighted by molar-refractivity contribution is 0.182. The molecule has 0 saturated carbocycles. The number of aromatic amines is 1. The molecule has 3 nitrogen and oxygen atoms in total. The summed E-state index contributed by atoms with van der Waals surface area (Å²) in [5.41, 5.74) is 6.42. The van der Waals surface area contributed by atoms with E-state index in [1.54, 1.807) is 7.11 Å². The molecule has 0 spiro atoms. The largest absolute Gasteiger partial charge is 0.378 e. The second kappa shape index (κ2) is 4.88. The van der Waals surface area contributed by atoms with Crippen LogP contribution in [0.15, 0.2) is 12.1 Å². The van der Waals surface area contributed by atoms with Gasteiger partial charge in [0.2, 0.25) is 0 Å². The third-order valence-corrected chi connectivity index (χ3v) is 4.55. The van der Waals surface area contributed by atoms with Crippen molar-refractivity contribution in [1.82, 2.24) is 9.97 Å². The predicted molar refractivity (Wildman–Crippen MR) is 81.8 cm³/mol. The Balaban J connectivity index is 1.96. The molecule has 0 radical (unpaired) electrons. The average molecular weight is 272 g/mol. The summed E-state index contributed by atoms with van der Waals surface area (Å²) in [6.07, 6.45) is 3.52. The first kappa shape index (κ1) is 13.6. The van der Waals surface area contributed by atoms with Crippen LogP contribution in [0.2, 0.25) is 0 Å². The summed E-state index contributed by atoms with van der Waals surface area (Å²) in [7, 11) is 1.72. The van der Waals surface area contributed by atoms with Gasteiger partial charge in [-0.2, -0.15) is 0 Å². The lowest BCUT2D eigenvalue weighted by Gasteiger charge is -2.34. The Morgan fingerprint density at radius 3 is 2.85 bits per heavy atom. The zero-order chi connectivity index (χ0) is 14.3. The summed E-state index contributed by atoms with van der Waals surface area (Å²) in [5.74, 6) is 0.752. The fourth-order valence-corrected chi connectivity index (χ4v) is 3.24. The molecule has 1 N–H and O–H groups in total. The standard InChI is InChI=1S/C17H24N2O/c1-17(2,3)12-5-6-14-11(7-12)8-15-16(19-14)9-13(18-15)10-20-4/h8-9,12,18H,5-7,10H2,1-4H3. The zero-order valence-electron chi connectivity index (χ0n) is 12.9. The van der Waals surface area contributed by atoms with E-state index in [0.717, 1.165) is 35.5 Å². The normalized spacial score (nSPS) is 19.3. The Morgan fingerprint density at radius 1 is 1.35 bits per heavy atom. The van der Waals surface area contributed by atoms with E-state index >= 15 is 0 Å². The van der Waals surface area contributed by atoms with E-state index in [9.17, 15) is 0 Å². The maximum atomic E-state index is 5.19. The van der Waals surface area contributed by atoms with Crippen molar-refractivity contribution in [3.8, 4) is 0 Å². The number of nitrogens with zero attached hydrogens (tertiary/aromatic N) is 1. The van der Waals surface area contributed by atoms with Gasteiger partial charge in [-0.1, -0.05) is 20.8 Å². The molecule has 2 aromatic heterocycles. The van der Waals surface area contributed by atoms with Crippen LogP contribution in [-0.2, 0) is 24.2 Å². The van der Waals surface area contributed by atoms with E-state index in [1.807, 2.05) is 0 Å². The fraction of sp³-hybridized carbons (Fsp3) is 0.588. The number of aryl methyl sites for hydroxylation is 1. The van der Waals surface area contributed by atoms with Crippen molar-refractivity contribution in [3.05, 3.63) is 29.1 Å². The number of aromatic nitrogens is 2. The molecule has 20 heavy (non-hydrogen) atoms. The molecule has 1 unspecified atom stereocenters. The first-order valence-corrected chi connectivity index (χ1v) is 7.46. The third kappa shape index (κ3) is 2.47. The van der Waals surface area contributed by atoms with Gasteiger partial charge in [0.25, 0.3) is 0 Å². The van der Waals surface area contributed by atoms with Crippen molar-refractivity contribution >= 4 is 11.0 Å². The second-order valence-corrected chi connectivity index (χ2v) is 7.06. The molecule has 0 aromatic carbocycles. The van der Waals surface area contributed by atoms with Crippen molar-refractivity contribution in [3.63, 3.8) is 0 Å². The van der Waals surface area contributed by atoms with Gasteiger partial charge in [-0.05, 0) is 48.3 Å². The highest BCUT2D eigenvalue weighted by atomic mass is 16.5. The lowest BCUT2D eigenvalue weighted by Crippen LogP contribution is -2.27. The van der Waals surface area contributed by atoms with Crippen LogP contribution in [0, 0.1) is 11.3 Å². The third-order valence-electron chi connectivity index (χ3n) is 4.55. The SMILES string of the molecule is COCc1cc2nc3c(cc2[nH]1)CC(C(C)(C)C)CC3. The molecule has 3 heteroatoms. The molecule has 0 saturated heterocycles. The minimum absolute atomic E-state index is 0.379. The summed E-state index contributed by atoms with van der Waals surface area (Å²) in [6, 6.07) is 4.41. The number of fused-ring (bicyclic) bond motifs is 2. The minimum Gasteiger partial charge on any atom is -0.378 e. The fourth-order valence-electron chi connectivity index (χ4n) is 3.24.